The molecular formula is C17H31N3O2S. The molecule has 0 aromatic carbocycles. The number of fused-ring (bicyclic) bond motifs is 1. The van der Waals surface area contributed by atoms with Crippen molar-refractivity contribution in [2.75, 3.05) is 38.2 Å². The molecule has 3 aliphatic rings. The van der Waals surface area contributed by atoms with Gasteiger partial charge in [-0.3, -0.25) is 4.99 Å². The average Bonchev–Trinajstić information content (AvgIpc) is 3.09. The molecule has 1 saturated heterocycles. The molecule has 132 valence electrons. The van der Waals surface area contributed by atoms with Gasteiger partial charge in [-0.05, 0) is 44.4 Å². The molecule has 0 amide bonds. The zero-order valence-electron chi connectivity index (χ0n) is 14.6. The molecule has 5 nitrogen and oxygen atoms in total. The van der Waals surface area contributed by atoms with Crippen molar-refractivity contribution in [1.82, 2.24) is 10.2 Å². The quantitative estimate of drug-likeness (QED) is 0.613. The Morgan fingerprint density at radius 3 is 2.30 bits per heavy atom. The summed E-state index contributed by atoms with van der Waals surface area (Å²) >= 11 is 0. The monoisotopic (exact) mass is 341 g/mol. The molecule has 2 aliphatic carbocycles. The molecular weight excluding hydrogens is 310 g/mol. The van der Waals surface area contributed by atoms with E-state index in [-0.39, 0.29) is 11.2 Å². The third-order valence-corrected chi connectivity index (χ3v) is 6.84. The van der Waals surface area contributed by atoms with E-state index in [1.54, 1.807) is 0 Å². The maximum Gasteiger partial charge on any atom is 0.193 e. The molecule has 1 aliphatic heterocycles. The highest BCUT2D eigenvalue weighted by Gasteiger charge is 2.45. The van der Waals surface area contributed by atoms with Crippen LogP contribution in [-0.4, -0.2) is 57.5 Å². The molecule has 0 radical (unpaired) electrons. The second-order valence-corrected chi connectivity index (χ2v) is 10.1. The lowest BCUT2D eigenvalue weighted by Crippen LogP contribution is -2.41. The first kappa shape index (κ1) is 17.1. The Labute approximate surface area is 140 Å². The van der Waals surface area contributed by atoms with Crippen LogP contribution in [0.15, 0.2) is 4.99 Å². The maximum absolute atomic E-state index is 11.6. The molecule has 3 fully saturated rings. The second-order valence-electron chi connectivity index (χ2n) is 7.95. The summed E-state index contributed by atoms with van der Waals surface area (Å²) in [7, 11) is -2.92. The fourth-order valence-corrected chi connectivity index (χ4v) is 5.82. The maximum atomic E-state index is 11.6. The highest BCUT2D eigenvalue weighted by atomic mass is 32.2. The van der Waals surface area contributed by atoms with E-state index in [0.717, 1.165) is 50.3 Å². The molecule has 0 aromatic rings. The summed E-state index contributed by atoms with van der Waals surface area (Å²) in [5.74, 6) is 2.95. The van der Waals surface area contributed by atoms with Crippen molar-refractivity contribution in [1.29, 1.82) is 0 Å². The predicted molar refractivity (Wildman–Crippen MR) is 94.4 cm³/mol. The van der Waals surface area contributed by atoms with Gasteiger partial charge in [0.2, 0.25) is 0 Å². The summed E-state index contributed by atoms with van der Waals surface area (Å²) in [6.07, 6.45) is 8.80. The van der Waals surface area contributed by atoms with Crippen LogP contribution in [0.3, 0.4) is 0 Å². The first-order chi connectivity index (χ1) is 10.9. The lowest BCUT2D eigenvalue weighted by atomic mass is 9.82. The van der Waals surface area contributed by atoms with E-state index in [1.807, 2.05) is 0 Å². The highest BCUT2D eigenvalue weighted by molar-refractivity contribution is 7.90. The van der Waals surface area contributed by atoms with Gasteiger partial charge in [-0.25, -0.2) is 8.42 Å². The lowest BCUT2D eigenvalue weighted by Gasteiger charge is -2.22. The standard InChI is InChI=1S/C17H31N3O2S/c1-3-18-16(19-12-17(8-9-17)13-23(2,21)22)20-10-14-6-4-5-7-15(14)11-20/h14-15H,3-13H2,1-2H3,(H,18,19). The minimum atomic E-state index is -2.92. The van der Waals surface area contributed by atoms with Crippen molar-refractivity contribution < 1.29 is 8.42 Å². The van der Waals surface area contributed by atoms with Crippen molar-refractivity contribution in [2.24, 2.45) is 22.2 Å². The van der Waals surface area contributed by atoms with Gasteiger partial charge in [0, 0.05) is 37.8 Å². The molecule has 1 heterocycles. The fourth-order valence-electron chi connectivity index (χ4n) is 4.33. The number of aliphatic imine (C=N–C) groups is 1. The lowest BCUT2D eigenvalue weighted by molar-refractivity contribution is 0.299. The Hall–Kier alpha value is -0.780. The molecule has 0 spiro atoms. The number of rotatable bonds is 5. The van der Waals surface area contributed by atoms with Gasteiger partial charge in [-0.2, -0.15) is 0 Å². The van der Waals surface area contributed by atoms with Crippen molar-refractivity contribution >= 4 is 15.8 Å². The third kappa shape index (κ3) is 4.40. The summed E-state index contributed by atoms with van der Waals surface area (Å²) < 4.78 is 23.2. The van der Waals surface area contributed by atoms with E-state index in [2.05, 4.69) is 17.1 Å². The van der Waals surface area contributed by atoms with Crippen LogP contribution >= 0.6 is 0 Å². The van der Waals surface area contributed by atoms with Crippen molar-refractivity contribution in [3.8, 4) is 0 Å². The average molecular weight is 342 g/mol. The number of nitrogens with zero attached hydrogens (tertiary/aromatic N) is 2. The smallest absolute Gasteiger partial charge is 0.193 e. The molecule has 3 rings (SSSR count). The van der Waals surface area contributed by atoms with E-state index < -0.39 is 9.84 Å². The fraction of sp³-hybridized carbons (Fsp3) is 0.941. The first-order valence-corrected chi connectivity index (χ1v) is 11.2. The number of hydrogen-bond acceptors (Lipinski definition) is 3. The van der Waals surface area contributed by atoms with Crippen molar-refractivity contribution in [2.45, 2.75) is 45.4 Å². The summed E-state index contributed by atoms with van der Waals surface area (Å²) in [6.45, 7) is 5.85. The van der Waals surface area contributed by atoms with Crippen LogP contribution in [0, 0.1) is 17.3 Å². The van der Waals surface area contributed by atoms with Crippen LogP contribution in [0.2, 0.25) is 0 Å². The Bertz CT molecular complexity index is 540. The molecule has 23 heavy (non-hydrogen) atoms. The van der Waals surface area contributed by atoms with E-state index in [1.165, 1.54) is 31.9 Å². The Balaban J connectivity index is 1.64. The molecule has 2 atom stereocenters. The topological polar surface area (TPSA) is 61.8 Å². The zero-order chi connectivity index (χ0) is 16.5. The second kappa shape index (κ2) is 6.61. The van der Waals surface area contributed by atoms with E-state index in [9.17, 15) is 8.42 Å². The van der Waals surface area contributed by atoms with Gasteiger partial charge >= 0.3 is 0 Å². The van der Waals surface area contributed by atoms with Crippen molar-refractivity contribution in [3.05, 3.63) is 0 Å². The van der Waals surface area contributed by atoms with Crippen molar-refractivity contribution in [3.63, 3.8) is 0 Å². The summed E-state index contributed by atoms with van der Waals surface area (Å²) in [5.41, 5.74) is -0.0826. The molecule has 1 N–H and O–H groups in total. The van der Waals surface area contributed by atoms with Gasteiger partial charge in [0.15, 0.2) is 5.96 Å². The van der Waals surface area contributed by atoms with Gasteiger partial charge in [0.05, 0.1) is 5.75 Å². The normalized spacial score (nSPS) is 30.2. The Morgan fingerprint density at radius 1 is 1.22 bits per heavy atom. The van der Waals surface area contributed by atoms with Crippen LogP contribution in [0.25, 0.3) is 0 Å². The van der Waals surface area contributed by atoms with Gasteiger partial charge in [0.1, 0.15) is 9.84 Å². The molecule has 0 aromatic heterocycles. The van der Waals surface area contributed by atoms with Gasteiger partial charge < -0.3 is 10.2 Å². The van der Waals surface area contributed by atoms with Crippen LogP contribution in [0.1, 0.15) is 45.4 Å². The number of nitrogens with one attached hydrogen (secondary N) is 1. The molecule has 0 bridgehead atoms. The molecule has 2 unspecified atom stereocenters. The highest BCUT2D eigenvalue weighted by Crippen LogP contribution is 2.47. The van der Waals surface area contributed by atoms with Gasteiger partial charge in [0.25, 0.3) is 0 Å². The Morgan fingerprint density at radius 2 is 1.83 bits per heavy atom. The van der Waals surface area contributed by atoms with Gasteiger partial charge in [-0.1, -0.05) is 12.8 Å². The minimum Gasteiger partial charge on any atom is -0.357 e. The number of sulfone groups is 1. The predicted octanol–water partition coefficient (Wildman–Crippen LogP) is 1.90. The molecule has 6 heteroatoms. The number of likely N-dealkylation sites (tertiary alicyclic amines) is 1. The van der Waals surface area contributed by atoms with Gasteiger partial charge in [-0.15, -0.1) is 0 Å². The third-order valence-electron chi connectivity index (χ3n) is 5.70. The van der Waals surface area contributed by atoms with Crippen LogP contribution < -0.4 is 5.32 Å². The summed E-state index contributed by atoms with van der Waals surface area (Å²) in [4.78, 5) is 7.26. The van der Waals surface area contributed by atoms with E-state index in [4.69, 9.17) is 4.99 Å². The van der Waals surface area contributed by atoms with Crippen LogP contribution in [0.5, 0.6) is 0 Å². The van der Waals surface area contributed by atoms with Crippen LogP contribution in [-0.2, 0) is 9.84 Å². The first-order valence-electron chi connectivity index (χ1n) is 9.12. The number of hydrogen-bond donors (Lipinski definition) is 1. The van der Waals surface area contributed by atoms with E-state index in [0.29, 0.717) is 6.54 Å². The zero-order valence-corrected chi connectivity index (χ0v) is 15.4. The summed E-state index contributed by atoms with van der Waals surface area (Å²) in [5, 5.41) is 3.42. The van der Waals surface area contributed by atoms with E-state index >= 15 is 0 Å². The summed E-state index contributed by atoms with van der Waals surface area (Å²) in [6, 6.07) is 0. The minimum absolute atomic E-state index is 0.0826. The Kier molecular flexibility index (Phi) is 4.90. The number of guanidine groups is 1. The largest absolute Gasteiger partial charge is 0.357 e. The van der Waals surface area contributed by atoms with Crippen LogP contribution in [0.4, 0.5) is 0 Å². The SMILES string of the molecule is CCNC(=NCC1(CS(C)(=O)=O)CC1)N1CC2CCCCC2C1. The molecule has 2 saturated carbocycles.